The fourth-order valence-corrected chi connectivity index (χ4v) is 3.00. The van der Waals surface area contributed by atoms with Gasteiger partial charge in [0.25, 0.3) is 0 Å². The van der Waals surface area contributed by atoms with Crippen LogP contribution in [0.4, 0.5) is 0 Å². The van der Waals surface area contributed by atoms with Crippen molar-refractivity contribution < 1.29 is 19.1 Å². The lowest BCUT2D eigenvalue weighted by Crippen LogP contribution is -2.10. The third kappa shape index (κ3) is 13.6. The van der Waals surface area contributed by atoms with Crippen LogP contribution in [0.25, 0.3) is 0 Å². The van der Waals surface area contributed by atoms with Crippen molar-refractivity contribution in [2.75, 3.05) is 13.2 Å². The van der Waals surface area contributed by atoms with Crippen LogP contribution in [0.2, 0.25) is 5.02 Å². The third-order valence-corrected chi connectivity index (χ3v) is 4.84. The van der Waals surface area contributed by atoms with Gasteiger partial charge in [0, 0.05) is 24.3 Å². The van der Waals surface area contributed by atoms with E-state index in [1.165, 1.54) is 38.5 Å². The largest absolute Gasteiger partial charge is 0.466 e. The van der Waals surface area contributed by atoms with E-state index >= 15 is 0 Å². The van der Waals surface area contributed by atoms with Crippen molar-refractivity contribution in [3.05, 3.63) is 34.9 Å². The lowest BCUT2D eigenvalue weighted by atomic mass is 10.1. The van der Waals surface area contributed by atoms with Crippen LogP contribution in [0.1, 0.15) is 83.1 Å². The third-order valence-electron chi connectivity index (χ3n) is 4.59. The Bertz CT molecular complexity index is 542. The van der Waals surface area contributed by atoms with Crippen molar-refractivity contribution in [3.8, 4) is 0 Å². The van der Waals surface area contributed by atoms with Crippen molar-refractivity contribution in [2.24, 2.45) is 0 Å². The zero-order chi connectivity index (χ0) is 20.5. The average Bonchev–Trinajstić information content (AvgIpc) is 2.68. The molecule has 0 aliphatic carbocycles. The van der Waals surface area contributed by atoms with Crippen LogP contribution in [0.15, 0.2) is 24.3 Å². The topological polar surface area (TPSA) is 52.6 Å². The van der Waals surface area contributed by atoms with Crippen LogP contribution < -0.4 is 0 Å². The van der Waals surface area contributed by atoms with E-state index in [9.17, 15) is 9.59 Å². The maximum Gasteiger partial charge on any atom is 0.305 e. The molecule has 0 spiro atoms. The molecule has 0 saturated carbocycles. The minimum atomic E-state index is -0.273. The van der Waals surface area contributed by atoms with E-state index < -0.39 is 0 Å². The quantitative estimate of drug-likeness (QED) is 0.237. The fourth-order valence-electron chi connectivity index (χ4n) is 2.88. The van der Waals surface area contributed by atoms with Crippen LogP contribution in [-0.4, -0.2) is 25.2 Å². The van der Waals surface area contributed by atoms with E-state index in [1.54, 1.807) is 0 Å². The summed E-state index contributed by atoms with van der Waals surface area (Å²) in [5, 5.41) is 0.690. The molecule has 1 rings (SSSR count). The molecule has 0 amide bonds. The van der Waals surface area contributed by atoms with Gasteiger partial charge in [-0.15, -0.1) is 0 Å². The van der Waals surface area contributed by atoms with Crippen LogP contribution >= 0.6 is 11.6 Å². The predicted molar refractivity (Wildman–Crippen MR) is 114 cm³/mol. The summed E-state index contributed by atoms with van der Waals surface area (Å²) < 4.78 is 10.4. The van der Waals surface area contributed by atoms with Gasteiger partial charge >= 0.3 is 11.9 Å². The molecule has 28 heavy (non-hydrogen) atoms. The summed E-state index contributed by atoms with van der Waals surface area (Å²) in [4.78, 5) is 23.4. The van der Waals surface area contributed by atoms with Gasteiger partial charge in [-0.2, -0.15) is 0 Å². The molecule has 0 bridgehead atoms. The summed E-state index contributed by atoms with van der Waals surface area (Å²) in [5.41, 5.74) is 1.07. The zero-order valence-corrected chi connectivity index (χ0v) is 18.0. The SMILES string of the molecule is CCCCCCCCCCOC(=O)CCCC(=O)OCCc1ccc(Cl)cc1. The van der Waals surface area contributed by atoms with Gasteiger partial charge < -0.3 is 9.47 Å². The fraction of sp³-hybridized carbons (Fsp3) is 0.652. The van der Waals surface area contributed by atoms with Gasteiger partial charge in [-0.05, 0) is 30.5 Å². The van der Waals surface area contributed by atoms with Gasteiger partial charge in [-0.3, -0.25) is 9.59 Å². The molecule has 1 aromatic rings. The number of rotatable bonds is 16. The van der Waals surface area contributed by atoms with E-state index in [4.69, 9.17) is 21.1 Å². The molecule has 1 aromatic carbocycles. The summed E-state index contributed by atoms with van der Waals surface area (Å²) >= 11 is 5.83. The van der Waals surface area contributed by atoms with Crippen molar-refractivity contribution in [1.82, 2.24) is 0 Å². The Balaban J connectivity index is 1.92. The number of ether oxygens (including phenoxy) is 2. The molecule has 0 aromatic heterocycles. The highest BCUT2D eigenvalue weighted by molar-refractivity contribution is 6.30. The van der Waals surface area contributed by atoms with Crippen LogP contribution in [-0.2, 0) is 25.5 Å². The monoisotopic (exact) mass is 410 g/mol. The molecule has 0 aliphatic heterocycles. The number of hydrogen-bond acceptors (Lipinski definition) is 4. The Morgan fingerprint density at radius 3 is 1.89 bits per heavy atom. The smallest absolute Gasteiger partial charge is 0.305 e. The molecular weight excluding hydrogens is 376 g/mol. The van der Waals surface area contributed by atoms with Gasteiger partial charge in [-0.1, -0.05) is 75.6 Å². The number of hydrogen-bond donors (Lipinski definition) is 0. The van der Waals surface area contributed by atoms with Crippen LogP contribution in [0.5, 0.6) is 0 Å². The number of unbranched alkanes of at least 4 members (excludes halogenated alkanes) is 7. The van der Waals surface area contributed by atoms with Gasteiger partial charge in [0.15, 0.2) is 0 Å². The van der Waals surface area contributed by atoms with E-state index in [0.29, 0.717) is 31.1 Å². The number of carbonyl (C=O) groups excluding carboxylic acids is 2. The Hall–Kier alpha value is -1.55. The van der Waals surface area contributed by atoms with Crippen molar-refractivity contribution in [3.63, 3.8) is 0 Å². The lowest BCUT2D eigenvalue weighted by Gasteiger charge is -2.06. The number of carbonyl (C=O) groups is 2. The first-order valence-electron chi connectivity index (χ1n) is 10.7. The van der Waals surface area contributed by atoms with Crippen molar-refractivity contribution in [1.29, 1.82) is 0 Å². The first kappa shape index (κ1) is 24.5. The lowest BCUT2D eigenvalue weighted by molar-refractivity contribution is -0.145. The highest BCUT2D eigenvalue weighted by atomic mass is 35.5. The Morgan fingerprint density at radius 2 is 1.29 bits per heavy atom. The molecule has 5 heteroatoms. The molecule has 4 nitrogen and oxygen atoms in total. The minimum Gasteiger partial charge on any atom is -0.466 e. The van der Waals surface area contributed by atoms with Gasteiger partial charge in [-0.25, -0.2) is 0 Å². The van der Waals surface area contributed by atoms with Gasteiger partial charge in [0.1, 0.15) is 0 Å². The average molecular weight is 411 g/mol. The molecule has 0 aliphatic rings. The van der Waals surface area contributed by atoms with E-state index in [1.807, 2.05) is 24.3 Å². The van der Waals surface area contributed by atoms with Crippen molar-refractivity contribution in [2.45, 2.75) is 84.0 Å². The summed E-state index contributed by atoms with van der Waals surface area (Å²) in [7, 11) is 0. The van der Waals surface area contributed by atoms with Gasteiger partial charge in [0.2, 0.25) is 0 Å². The Kier molecular flexibility index (Phi) is 14.4. The number of benzene rings is 1. The maximum atomic E-state index is 11.7. The molecular formula is C23H35ClO4. The second-order valence-electron chi connectivity index (χ2n) is 7.15. The standard InChI is InChI=1S/C23H35ClO4/c1-2-3-4-5-6-7-8-9-18-27-22(25)11-10-12-23(26)28-19-17-20-13-15-21(24)16-14-20/h13-16H,2-12,17-19H2,1H3. The van der Waals surface area contributed by atoms with E-state index in [0.717, 1.165) is 18.4 Å². The molecule has 0 saturated heterocycles. The first-order valence-corrected chi connectivity index (χ1v) is 11.0. The molecule has 158 valence electrons. The van der Waals surface area contributed by atoms with Crippen LogP contribution in [0.3, 0.4) is 0 Å². The Labute approximate surface area is 174 Å². The molecule has 0 fully saturated rings. The number of halogens is 1. The van der Waals surface area contributed by atoms with E-state index in [2.05, 4.69) is 6.92 Å². The molecule has 0 heterocycles. The second-order valence-corrected chi connectivity index (χ2v) is 7.58. The normalized spacial score (nSPS) is 10.6. The van der Waals surface area contributed by atoms with E-state index in [-0.39, 0.29) is 24.8 Å². The Morgan fingerprint density at radius 1 is 0.750 bits per heavy atom. The molecule has 0 unspecified atom stereocenters. The number of esters is 2. The molecule has 0 N–H and O–H groups in total. The molecule has 0 radical (unpaired) electrons. The second kappa shape index (κ2) is 16.4. The zero-order valence-electron chi connectivity index (χ0n) is 17.2. The minimum absolute atomic E-state index is 0.225. The van der Waals surface area contributed by atoms with Gasteiger partial charge in [0.05, 0.1) is 13.2 Å². The van der Waals surface area contributed by atoms with Crippen molar-refractivity contribution >= 4 is 23.5 Å². The summed E-state index contributed by atoms with van der Waals surface area (Å²) in [6, 6.07) is 7.47. The summed E-state index contributed by atoms with van der Waals surface area (Å²) in [6.45, 7) is 3.04. The predicted octanol–water partition coefficient (Wildman–Crippen LogP) is 6.28. The summed E-state index contributed by atoms with van der Waals surface area (Å²) in [6.07, 6.45) is 11.4. The summed E-state index contributed by atoms with van der Waals surface area (Å²) in [5.74, 6) is -0.498. The van der Waals surface area contributed by atoms with Crippen LogP contribution in [0, 0.1) is 0 Å². The highest BCUT2D eigenvalue weighted by Crippen LogP contribution is 2.11. The highest BCUT2D eigenvalue weighted by Gasteiger charge is 2.07. The maximum absolute atomic E-state index is 11.7. The molecule has 0 atom stereocenters. The first-order chi connectivity index (χ1) is 13.6.